The summed E-state index contributed by atoms with van der Waals surface area (Å²) in [5.41, 5.74) is 6.81. The summed E-state index contributed by atoms with van der Waals surface area (Å²) in [5, 5.41) is 20.8. The third-order valence-corrected chi connectivity index (χ3v) is 12.3. The van der Waals surface area contributed by atoms with Crippen molar-refractivity contribution < 1.29 is 43.5 Å². The molecule has 7 amide bonds. The second-order valence-corrected chi connectivity index (χ2v) is 17.7. The van der Waals surface area contributed by atoms with Gasteiger partial charge in [0.25, 0.3) is 0 Å². The number of carboxylic acid groups (broad SMARTS) is 1. The van der Waals surface area contributed by atoms with Crippen molar-refractivity contribution in [3.05, 3.63) is 35.9 Å². The molecule has 1 aromatic carbocycles. The number of aliphatic carboxylic acids is 1. The molecular formula is C44H68N8O9. The van der Waals surface area contributed by atoms with Crippen molar-refractivity contribution in [1.29, 1.82) is 0 Å². The summed E-state index contributed by atoms with van der Waals surface area (Å²) in [6.07, 6.45) is 3.66. The summed E-state index contributed by atoms with van der Waals surface area (Å²) in [4.78, 5) is 113. The molecule has 3 saturated heterocycles. The van der Waals surface area contributed by atoms with Crippen molar-refractivity contribution in [3.63, 3.8) is 0 Å². The van der Waals surface area contributed by atoms with Gasteiger partial charge in [0.1, 0.15) is 42.3 Å². The van der Waals surface area contributed by atoms with Crippen molar-refractivity contribution in [3.8, 4) is 0 Å². The van der Waals surface area contributed by atoms with Gasteiger partial charge in [-0.1, -0.05) is 78.3 Å². The summed E-state index contributed by atoms with van der Waals surface area (Å²) in [6.45, 7) is 13.6. The fourth-order valence-corrected chi connectivity index (χ4v) is 8.38. The molecule has 4 rings (SSSR count). The molecule has 0 spiro atoms. The number of nitrogens with two attached hydrogens (primary N) is 1. The number of benzene rings is 1. The molecule has 0 aromatic heterocycles. The molecule has 0 saturated carbocycles. The average molecular weight is 853 g/mol. The lowest BCUT2D eigenvalue weighted by molar-refractivity contribution is -0.148. The summed E-state index contributed by atoms with van der Waals surface area (Å²) in [7, 11) is 0. The van der Waals surface area contributed by atoms with E-state index in [0.29, 0.717) is 64.5 Å². The molecule has 3 aliphatic heterocycles. The maximum Gasteiger partial charge on any atom is 0.326 e. The number of amides is 7. The van der Waals surface area contributed by atoms with Crippen molar-refractivity contribution >= 4 is 47.3 Å². The molecule has 17 heteroatoms. The molecular weight excluding hydrogens is 785 g/mol. The number of hydrogen-bond acceptors (Lipinski definition) is 9. The largest absolute Gasteiger partial charge is 0.480 e. The number of nitrogens with zero attached hydrogens (tertiary/aromatic N) is 3. The zero-order chi connectivity index (χ0) is 45.1. The van der Waals surface area contributed by atoms with Gasteiger partial charge >= 0.3 is 5.97 Å². The molecule has 0 aliphatic carbocycles. The fourth-order valence-electron chi connectivity index (χ4n) is 8.38. The van der Waals surface area contributed by atoms with Crippen LogP contribution >= 0.6 is 0 Å². The normalized spacial score (nSPS) is 21.9. The minimum absolute atomic E-state index is 0.0671. The van der Waals surface area contributed by atoms with Crippen molar-refractivity contribution in [2.75, 3.05) is 19.6 Å². The van der Waals surface area contributed by atoms with Crippen LogP contribution < -0.4 is 27.0 Å². The molecule has 3 fully saturated rings. The van der Waals surface area contributed by atoms with E-state index in [1.807, 2.05) is 40.7 Å². The number of carbonyl (C=O) groups excluding carboxylic acids is 7. The highest BCUT2D eigenvalue weighted by Gasteiger charge is 2.45. The molecule has 9 atom stereocenters. The predicted octanol–water partition coefficient (Wildman–Crippen LogP) is 1.32. The molecule has 0 radical (unpaired) electrons. The average Bonchev–Trinajstić information content (AvgIpc) is 4.03. The Morgan fingerprint density at radius 3 is 1.79 bits per heavy atom. The van der Waals surface area contributed by atoms with Gasteiger partial charge in [0, 0.05) is 26.1 Å². The topological polar surface area (TPSA) is 241 Å². The first-order chi connectivity index (χ1) is 28.9. The van der Waals surface area contributed by atoms with E-state index >= 15 is 0 Å². The van der Waals surface area contributed by atoms with Crippen LogP contribution in [0.25, 0.3) is 0 Å². The molecule has 0 unspecified atom stereocenters. The third-order valence-electron chi connectivity index (χ3n) is 12.3. The maximum atomic E-state index is 14.1. The Labute approximate surface area is 359 Å². The molecule has 17 nitrogen and oxygen atoms in total. The molecule has 338 valence electrons. The van der Waals surface area contributed by atoms with E-state index < -0.39 is 83.8 Å². The van der Waals surface area contributed by atoms with Gasteiger partial charge in [0.2, 0.25) is 41.4 Å². The number of rotatable bonds is 19. The second kappa shape index (κ2) is 22.2. The lowest BCUT2D eigenvalue weighted by Crippen LogP contribution is -2.60. The number of nitrogens with one attached hydrogen (secondary N) is 4. The van der Waals surface area contributed by atoms with Gasteiger partial charge < -0.3 is 46.8 Å². The lowest BCUT2D eigenvalue weighted by atomic mass is 9.97. The zero-order valence-electron chi connectivity index (χ0n) is 36.9. The minimum Gasteiger partial charge on any atom is -0.480 e. The van der Waals surface area contributed by atoms with Gasteiger partial charge in [-0.15, -0.1) is 0 Å². The Morgan fingerprint density at radius 1 is 0.689 bits per heavy atom. The summed E-state index contributed by atoms with van der Waals surface area (Å²) < 4.78 is 0. The van der Waals surface area contributed by atoms with Gasteiger partial charge in [-0.2, -0.15) is 0 Å². The molecule has 1 aromatic rings. The van der Waals surface area contributed by atoms with Crippen molar-refractivity contribution in [2.24, 2.45) is 23.5 Å². The Kier molecular flexibility index (Phi) is 17.7. The molecule has 61 heavy (non-hydrogen) atoms. The van der Waals surface area contributed by atoms with Crippen molar-refractivity contribution in [2.45, 2.75) is 155 Å². The van der Waals surface area contributed by atoms with Crippen LogP contribution in [-0.4, -0.2) is 135 Å². The summed E-state index contributed by atoms with van der Waals surface area (Å²) in [5.74, 6) is -5.01. The van der Waals surface area contributed by atoms with Crippen LogP contribution in [0.3, 0.4) is 0 Å². The Bertz CT molecular complexity index is 1740. The van der Waals surface area contributed by atoms with Crippen LogP contribution in [0.1, 0.15) is 105 Å². The first kappa shape index (κ1) is 48.6. The van der Waals surface area contributed by atoms with Crippen LogP contribution in [0.4, 0.5) is 0 Å². The SMILES string of the molecule is CC[C@H](C)[C@H](NC(=O)[C@H](C)NC(=O)[C@@H]1CCCN1C(=O)[C@@H]1CCCN1C(=O)[C@H](CC(C)C)NC(=O)[C@@H](N)C(C)C)C(=O)N1CCC[C@H]1C(=O)N[C@@H](Cc1ccccc1)C(=O)O. The fraction of sp³-hybridized carbons (Fsp3) is 0.682. The van der Waals surface area contributed by atoms with E-state index in [-0.39, 0.29) is 42.5 Å². The Balaban J connectivity index is 1.40. The zero-order valence-corrected chi connectivity index (χ0v) is 36.9. The quantitative estimate of drug-likeness (QED) is 0.117. The smallest absolute Gasteiger partial charge is 0.326 e. The number of carboxylic acids is 1. The second-order valence-electron chi connectivity index (χ2n) is 17.7. The van der Waals surface area contributed by atoms with E-state index in [1.165, 1.54) is 21.6 Å². The van der Waals surface area contributed by atoms with E-state index in [1.54, 1.807) is 31.2 Å². The first-order valence-corrected chi connectivity index (χ1v) is 22.0. The molecule has 0 bridgehead atoms. The highest BCUT2D eigenvalue weighted by Crippen LogP contribution is 2.27. The van der Waals surface area contributed by atoms with Gasteiger partial charge in [0.05, 0.1) is 6.04 Å². The number of likely N-dealkylation sites (tertiary alicyclic amines) is 3. The predicted molar refractivity (Wildman–Crippen MR) is 227 cm³/mol. The molecule has 3 aliphatic rings. The van der Waals surface area contributed by atoms with Gasteiger partial charge in [-0.25, -0.2) is 4.79 Å². The first-order valence-electron chi connectivity index (χ1n) is 22.0. The lowest BCUT2D eigenvalue weighted by Gasteiger charge is -2.34. The van der Waals surface area contributed by atoms with Crippen LogP contribution in [0.15, 0.2) is 30.3 Å². The standard InChI is InChI=1S/C44H68N8O9/c1-8-27(6)36(43(59)51-21-13-18-33(51)39(55)48-31(44(60)61)24-29-15-10-9-11-16-29)49-37(53)28(7)46-38(54)32-17-12-20-50(32)42(58)34-19-14-22-52(34)41(57)30(23-25(2)3)47-40(56)35(45)26(4)5/h9-11,15-16,25-28,30-36H,8,12-14,17-24,45H2,1-7H3,(H,46,54)(H,47,56)(H,48,55)(H,49,53)(H,60,61)/t27-,28-,30-,31-,32-,33-,34-,35-,36-/m0/s1. The maximum absolute atomic E-state index is 14.1. The van der Waals surface area contributed by atoms with Gasteiger partial charge in [-0.05, 0) is 75.2 Å². The van der Waals surface area contributed by atoms with Crippen LogP contribution in [-0.2, 0) is 44.8 Å². The van der Waals surface area contributed by atoms with Gasteiger partial charge in [0.15, 0.2) is 0 Å². The van der Waals surface area contributed by atoms with E-state index in [2.05, 4.69) is 21.3 Å². The number of carbonyl (C=O) groups is 8. The van der Waals surface area contributed by atoms with Crippen LogP contribution in [0.2, 0.25) is 0 Å². The van der Waals surface area contributed by atoms with Crippen molar-refractivity contribution in [1.82, 2.24) is 36.0 Å². The van der Waals surface area contributed by atoms with Crippen LogP contribution in [0, 0.1) is 17.8 Å². The Morgan fingerprint density at radius 2 is 1.23 bits per heavy atom. The summed E-state index contributed by atoms with van der Waals surface area (Å²) >= 11 is 0. The van der Waals surface area contributed by atoms with E-state index in [4.69, 9.17) is 5.73 Å². The summed E-state index contributed by atoms with van der Waals surface area (Å²) in [6, 6.07) is 1.29. The van der Waals surface area contributed by atoms with E-state index in [9.17, 15) is 43.5 Å². The molecule has 3 heterocycles. The third kappa shape index (κ3) is 12.5. The minimum atomic E-state index is -1.21. The number of hydrogen-bond donors (Lipinski definition) is 6. The van der Waals surface area contributed by atoms with E-state index in [0.717, 1.165) is 5.56 Å². The van der Waals surface area contributed by atoms with Crippen LogP contribution in [0.5, 0.6) is 0 Å². The highest BCUT2D eigenvalue weighted by molar-refractivity contribution is 5.98. The highest BCUT2D eigenvalue weighted by atomic mass is 16.4. The molecule has 7 N–H and O–H groups in total. The Hall–Kier alpha value is -5.06. The monoisotopic (exact) mass is 853 g/mol. The van der Waals surface area contributed by atoms with Gasteiger partial charge in [-0.3, -0.25) is 33.6 Å².